The number of hydrogen-bond acceptors (Lipinski definition) is 5. The number of benzene rings is 2. The maximum atomic E-state index is 13.1. The van der Waals surface area contributed by atoms with Crippen LogP contribution in [0.3, 0.4) is 0 Å². The molecular weight excluding hydrogens is 365 g/mol. The fraction of sp³-hybridized carbons (Fsp3) is 0.188. The van der Waals surface area contributed by atoms with Crippen molar-refractivity contribution in [1.29, 1.82) is 0 Å². The number of fused-ring (bicyclic) bond motifs is 1. The van der Waals surface area contributed by atoms with Crippen LogP contribution in [0, 0.1) is 5.82 Å². The lowest BCUT2D eigenvalue weighted by Crippen LogP contribution is -2.48. The van der Waals surface area contributed by atoms with Crippen LogP contribution < -0.4 is 20.1 Å². The van der Waals surface area contributed by atoms with Gasteiger partial charge in [0.05, 0.1) is 23.7 Å². The third kappa shape index (κ3) is 3.49. The van der Waals surface area contributed by atoms with Gasteiger partial charge in [-0.05, 0) is 42.5 Å². The Labute approximate surface area is 149 Å². The molecule has 4 N–H and O–H groups in total. The van der Waals surface area contributed by atoms with Gasteiger partial charge in [-0.1, -0.05) is 0 Å². The van der Waals surface area contributed by atoms with Gasteiger partial charge in [-0.25, -0.2) is 17.6 Å². The smallest absolute Gasteiger partial charge is 0.404 e. The summed E-state index contributed by atoms with van der Waals surface area (Å²) in [5, 5.41) is 10.9. The summed E-state index contributed by atoms with van der Waals surface area (Å²) >= 11 is 0. The SMILES string of the molecule is Nc1ccc2c(c1)N(S(=O)(=O)c1ccc(F)cc1)CC(CNC(=O)O)O2. The predicted octanol–water partition coefficient (Wildman–Crippen LogP) is 1.63. The number of carbonyl (C=O) groups is 1. The van der Waals surface area contributed by atoms with Crippen LogP contribution in [0.1, 0.15) is 0 Å². The molecule has 138 valence electrons. The number of rotatable bonds is 4. The normalized spacial score (nSPS) is 16.5. The number of amides is 1. The van der Waals surface area contributed by atoms with E-state index in [-0.39, 0.29) is 29.4 Å². The van der Waals surface area contributed by atoms with E-state index in [9.17, 15) is 17.6 Å². The Morgan fingerprint density at radius 3 is 2.65 bits per heavy atom. The van der Waals surface area contributed by atoms with Crippen molar-refractivity contribution in [3.63, 3.8) is 0 Å². The zero-order valence-corrected chi connectivity index (χ0v) is 14.2. The number of carboxylic acid groups (broad SMARTS) is 1. The van der Waals surface area contributed by atoms with E-state index >= 15 is 0 Å². The first-order chi connectivity index (χ1) is 12.3. The number of nitrogen functional groups attached to an aromatic ring is 1. The molecule has 2 aromatic rings. The van der Waals surface area contributed by atoms with Crippen molar-refractivity contribution in [2.24, 2.45) is 0 Å². The molecule has 1 unspecified atom stereocenters. The molecule has 0 radical (unpaired) electrons. The van der Waals surface area contributed by atoms with E-state index in [1.54, 1.807) is 6.07 Å². The van der Waals surface area contributed by atoms with Gasteiger partial charge in [0.2, 0.25) is 0 Å². The first-order valence-electron chi connectivity index (χ1n) is 7.58. The predicted molar refractivity (Wildman–Crippen MR) is 92.2 cm³/mol. The minimum absolute atomic E-state index is 0.0980. The second-order valence-corrected chi connectivity index (χ2v) is 7.51. The average molecular weight is 381 g/mol. The molecule has 0 saturated heterocycles. The highest BCUT2D eigenvalue weighted by Gasteiger charge is 2.34. The Morgan fingerprint density at radius 2 is 2.00 bits per heavy atom. The molecule has 1 aliphatic rings. The lowest BCUT2D eigenvalue weighted by atomic mass is 10.2. The molecule has 8 nitrogen and oxygen atoms in total. The van der Waals surface area contributed by atoms with Crippen LogP contribution in [0.5, 0.6) is 5.75 Å². The second kappa shape index (κ2) is 6.71. The molecule has 0 saturated carbocycles. The van der Waals surface area contributed by atoms with Crippen LogP contribution in [0.25, 0.3) is 0 Å². The first-order valence-corrected chi connectivity index (χ1v) is 9.02. The molecule has 1 aliphatic heterocycles. The standard InChI is InChI=1S/C16H16FN3O5S/c17-10-1-4-13(5-2-10)26(23,24)20-9-12(8-19-16(21)22)25-15-6-3-11(18)7-14(15)20/h1-7,12,19H,8-9,18H2,(H,21,22). The maximum absolute atomic E-state index is 13.1. The Bertz CT molecular complexity index is 933. The summed E-state index contributed by atoms with van der Waals surface area (Å²) in [6, 6.07) is 8.96. The average Bonchev–Trinajstić information content (AvgIpc) is 2.59. The van der Waals surface area contributed by atoms with Crippen molar-refractivity contribution >= 4 is 27.5 Å². The molecule has 1 atom stereocenters. The van der Waals surface area contributed by atoms with E-state index in [0.29, 0.717) is 5.69 Å². The minimum Gasteiger partial charge on any atom is -0.484 e. The van der Waals surface area contributed by atoms with Crippen LogP contribution in [-0.2, 0) is 10.0 Å². The summed E-state index contributed by atoms with van der Waals surface area (Å²) in [4.78, 5) is 10.6. The molecule has 26 heavy (non-hydrogen) atoms. The topological polar surface area (TPSA) is 122 Å². The lowest BCUT2D eigenvalue weighted by Gasteiger charge is -2.35. The summed E-state index contributed by atoms with van der Waals surface area (Å²) < 4.78 is 45.9. The van der Waals surface area contributed by atoms with Gasteiger partial charge in [-0.15, -0.1) is 0 Å². The van der Waals surface area contributed by atoms with E-state index in [2.05, 4.69) is 5.32 Å². The number of nitrogens with zero attached hydrogens (tertiary/aromatic N) is 1. The summed E-state index contributed by atoms with van der Waals surface area (Å²) in [6.45, 7) is -0.231. The van der Waals surface area contributed by atoms with Gasteiger partial charge < -0.3 is 20.9 Å². The van der Waals surface area contributed by atoms with Crippen LogP contribution in [0.4, 0.5) is 20.6 Å². The van der Waals surface area contributed by atoms with Crippen molar-refractivity contribution in [3.8, 4) is 5.75 Å². The van der Waals surface area contributed by atoms with Gasteiger partial charge in [-0.3, -0.25) is 4.31 Å². The maximum Gasteiger partial charge on any atom is 0.404 e. The Morgan fingerprint density at radius 1 is 1.31 bits per heavy atom. The summed E-state index contributed by atoms with van der Waals surface area (Å²) in [5.41, 5.74) is 6.34. The molecule has 0 spiro atoms. The summed E-state index contributed by atoms with van der Waals surface area (Å²) in [7, 11) is -4.02. The molecule has 0 aliphatic carbocycles. The third-order valence-corrected chi connectivity index (χ3v) is 5.59. The quantitative estimate of drug-likeness (QED) is 0.692. The zero-order chi connectivity index (χ0) is 18.9. The number of anilines is 2. The monoisotopic (exact) mass is 381 g/mol. The fourth-order valence-electron chi connectivity index (χ4n) is 2.60. The van der Waals surface area contributed by atoms with Gasteiger partial charge in [0, 0.05) is 5.69 Å². The Hall–Kier alpha value is -3.01. The minimum atomic E-state index is -4.02. The van der Waals surface area contributed by atoms with E-state index in [0.717, 1.165) is 28.6 Å². The molecule has 1 amide bonds. The number of ether oxygens (including phenoxy) is 1. The molecule has 1 heterocycles. The number of sulfonamides is 1. The van der Waals surface area contributed by atoms with Crippen LogP contribution in [0.2, 0.25) is 0 Å². The van der Waals surface area contributed by atoms with Gasteiger partial charge in [0.25, 0.3) is 10.0 Å². The molecule has 10 heteroatoms. The Balaban J connectivity index is 2.01. The molecule has 0 fully saturated rings. The van der Waals surface area contributed by atoms with Gasteiger partial charge in [0.15, 0.2) is 0 Å². The summed E-state index contributed by atoms with van der Waals surface area (Å²) in [6.07, 6.45) is -1.98. The number of halogens is 1. The van der Waals surface area contributed by atoms with Gasteiger partial charge >= 0.3 is 6.09 Å². The fourth-order valence-corrected chi connectivity index (χ4v) is 4.10. The lowest BCUT2D eigenvalue weighted by molar-refractivity contribution is 0.171. The highest BCUT2D eigenvalue weighted by Crippen LogP contribution is 2.38. The molecule has 2 aromatic carbocycles. The second-order valence-electron chi connectivity index (χ2n) is 5.64. The number of nitrogens with one attached hydrogen (secondary N) is 1. The van der Waals surface area contributed by atoms with Crippen LogP contribution >= 0.6 is 0 Å². The molecular formula is C16H16FN3O5S. The van der Waals surface area contributed by atoms with E-state index in [4.69, 9.17) is 15.6 Å². The van der Waals surface area contributed by atoms with Gasteiger partial charge in [0.1, 0.15) is 17.7 Å². The van der Waals surface area contributed by atoms with Crippen molar-refractivity contribution in [3.05, 3.63) is 48.3 Å². The van der Waals surface area contributed by atoms with Crippen LogP contribution in [-0.4, -0.2) is 38.8 Å². The van der Waals surface area contributed by atoms with E-state index in [1.807, 2.05) is 0 Å². The zero-order valence-electron chi connectivity index (χ0n) is 13.4. The van der Waals surface area contributed by atoms with Crippen LogP contribution in [0.15, 0.2) is 47.4 Å². The largest absolute Gasteiger partial charge is 0.484 e. The summed E-state index contributed by atoms with van der Waals surface area (Å²) in [5.74, 6) is -0.299. The number of hydrogen-bond donors (Lipinski definition) is 3. The Kier molecular flexibility index (Phi) is 4.60. The molecule has 3 rings (SSSR count). The van der Waals surface area contributed by atoms with Crippen molar-refractivity contribution in [1.82, 2.24) is 5.32 Å². The third-order valence-electron chi connectivity index (χ3n) is 3.80. The van der Waals surface area contributed by atoms with E-state index < -0.39 is 28.0 Å². The van der Waals surface area contributed by atoms with Crippen molar-refractivity contribution in [2.45, 2.75) is 11.0 Å². The molecule has 0 aromatic heterocycles. The highest BCUT2D eigenvalue weighted by atomic mass is 32.2. The highest BCUT2D eigenvalue weighted by molar-refractivity contribution is 7.92. The molecule has 0 bridgehead atoms. The van der Waals surface area contributed by atoms with Crippen molar-refractivity contribution in [2.75, 3.05) is 23.1 Å². The van der Waals surface area contributed by atoms with Crippen molar-refractivity contribution < 1.29 is 27.4 Å². The van der Waals surface area contributed by atoms with E-state index in [1.165, 1.54) is 12.1 Å². The first kappa shape index (κ1) is 17.8. The number of nitrogens with two attached hydrogens (primary N) is 1. The van der Waals surface area contributed by atoms with Gasteiger partial charge in [-0.2, -0.15) is 0 Å².